The maximum absolute atomic E-state index is 5.67. The lowest BCUT2D eigenvalue weighted by Gasteiger charge is -2.29. The van der Waals surface area contributed by atoms with Crippen LogP contribution in [0.2, 0.25) is 0 Å². The molecule has 0 aromatic carbocycles. The zero-order valence-corrected chi connectivity index (χ0v) is 9.89. The lowest BCUT2D eigenvalue weighted by atomic mass is 10.2. The van der Waals surface area contributed by atoms with Crippen molar-refractivity contribution in [1.29, 1.82) is 0 Å². The minimum absolute atomic E-state index is 0.612. The summed E-state index contributed by atoms with van der Waals surface area (Å²) in [5, 5.41) is 8.38. The molecule has 1 aromatic heterocycles. The molecular formula is C12H20N4. The van der Waals surface area contributed by atoms with Gasteiger partial charge in [-0.3, -0.25) is 0 Å². The Morgan fingerprint density at radius 1 is 1.31 bits per heavy atom. The molecule has 2 N–H and O–H groups in total. The van der Waals surface area contributed by atoms with Crippen molar-refractivity contribution in [2.24, 2.45) is 5.73 Å². The van der Waals surface area contributed by atoms with Gasteiger partial charge in [-0.05, 0) is 31.9 Å². The predicted molar refractivity (Wildman–Crippen MR) is 65.4 cm³/mol. The van der Waals surface area contributed by atoms with Gasteiger partial charge in [-0.15, -0.1) is 5.10 Å². The van der Waals surface area contributed by atoms with Gasteiger partial charge in [0.15, 0.2) is 5.82 Å². The van der Waals surface area contributed by atoms with E-state index in [4.69, 9.17) is 5.73 Å². The standard InChI is InChI=1S/C12H20N4/c1-10-6-7-12(15-14-10)16(9-8-13)11-4-2-3-5-11/h6-7,11H,2-5,8-9,13H2,1H3. The number of nitrogens with two attached hydrogens (primary N) is 1. The Bertz CT molecular complexity index is 316. The van der Waals surface area contributed by atoms with Crippen molar-refractivity contribution >= 4 is 5.82 Å². The van der Waals surface area contributed by atoms with Gasteiger partial charge in [-0.25, -0.2) is 0 Å². The third-order valence-electron chi connectivity index (χ3n) is 3.21. The monoisotopic (exact) mass is 220 g/mol. The van der Waals surface area contributed by atoms with Gasteiger partial charge in [-0.1, -0.05) is 12.8 Å². The highest BCUT2D eigenvalue weighted by atomic mass is 15.3. The van der Waals surface area contributed by atoms with Crippen LogP contribution >= 0.6 is 0 Å². The summed E-state index contributed by atoms with van der Waals surface area (Å²) in [6.45, 7) is 3.51. The predicted octanol–water partition coefficient (Wildman–Crippen LogP) is 1.49. The van der Waals surface area contributed by atoms with E-state index in [1.807, 2.05) is 13.0 Å². The average Bonchev–Trinajstić information content (AvgIpc) is 2.81. The molecule has 1 heterocycles. The average molecular weight is 220 g/mol. The second-order valence-corrected chi connectivity index (χ2v) is 4.45. The van der Waals surface area contributed by atoms with E-state index >= 15 is 0 Å². The van der Waals surface area contributed by atoms with Gasteiger partial charge >= 0.3 is 0 Å². The minimum atomic E-state index is 0.612. The summed E-state index contributed by atoms with van der Waals surface area (Å²) in [5.74, 6) is 0.975. The fourth-order valence-corrected chi connectivity index (χ4v) is 2.38. The zero-order valence-electron chi connectivity index (χ0n) is 9.89. The van der Waals surface area contributed by atoms with Crippen LogP contribution < -0.4 is 10.6 Å². The van der Waals surface area contributed by atoms with Crippen LogP contribution in [0.3, 0.4) is 0 Å². The van der Waals surface area contributed by atoms with Gasteiger partial charge in [0, 0.05) is 19.1 Å². The van der Waals surface area contributed by atoms with Crippen molar-refractivity contribution in [1.82, 2.24) is 10.2 Å². The summed E-state index contributed by atoms with van der Waals surface area (Å²) in [7, 11) is 0. The molecule has 0 spiro atoms. The Labute approximate surface area is 96.9 Å². The van der Waals surface area contributed by atoms with E-state index < -0.39 is 0 Å². The zero-order chi connectivity index (χ0) is 11.4. The van der Waals surface area contributed by atoms with Crippen molar-refractivity contribution in [3.63, 3.8) is 0 Å². The first-order valence-electron chi connectivity index (χ1n) is 6.08. The maximum Gasteiger partial charge on any atom is 0.151 e. The number of rotatable bonds is 4. The van der Waals surface area contributed by atoms with Crippen LogP contribution in [-0.2, 0) is 0 Å². The summed E-state index contributed by atoms with van der Waals surface area (Å²) in [6.07, 6.45) is 5.17. The lowest BCUT2D eigenvalue weighted by Crippen LogP contribution is -2.38. The van der Waals surface area contributed by atoms with Crippen molar-refractivity contribution in [2.75, 3.05) is 18.0 Å². The van der Waals surface area contributed by atoms with E-state index in [1.165, 1.54) is 25.7 Å². The van der Waals surface area contributed by atoms with Crippen LogP contribution in [-0.4, -0.2) is 29.3 Å². The Balaban J connectivity index is 2.14. The van der Waals surface area contributed by atoms with Gasteiger partial charge < -0.3 is 10.6 Å². The topological polar surface area (TPSA) is 55.0 Å². The first-order valence-corrected chi connectivity index (χ1v) is 6.08. The SMILES string of the molecule is Cc1ccc(N(CCN)C2CCCC2)nn1. The van der Waals surface area contributed by atoms with Crippen molar-refractivity contribution < 1.29 is 0 Å². The van der Waals surface area contributed by atoms with Crippen molar-refractivity contribution in [3.8, 4) is 0 Å². The first-order chi connectivity index (χ1) is 7.81. The number of aryl methyl sites for hydroxylation is 1. The second kappa shape index (κ2) is 5.25. The van der Waals surface area contributed by atoms with Crippen LogP contribution in [0, 0.1) is 6.92 Å². The van der Waals surface area contributed by atoms with Gasteiger partial charge in [0.1, 0.15) is 0 Å². The van der Waals surface area contributed by atoms with Gasteiger partial charge in [0.25, 0.3) is 0 Å². The first kappa shape index (κ1) is 11.3. The van der Waals surface area contributed by atoms with E-state index in [9.17, 15) is 0 Å². The number of aromatic nitrogens is 2. The third kappa shape index (κ3) is 2.50. The number of hydrogen-bond donors (Lipinski definition) is 1. The summed E-state index contributed by atoms with van der Waals surface area (Å²) in [4.78, 5) is 2.32. The molecular weight excluding hydrogens is 200 g/mol. The minimum Gasteiger partial charge on any atom is -0.351 e. The molecule has 0 atom stereocenters. The van der Waals surface area contributed by atoms with Gasteiger partial charge in [0.2, 0.25) is 0 Å². The molecule has 1 aliphatic carbocycles. The molecule has 4 heteroatoms. The largest absolute Gasteiger partial charge is 0.351 e. The molecule has 0 saturated heterocycles. The fraction of sp³-hybridized carbons (Fsp3) is 0.667. The quantitative estimate of drug-likeness (QED) is 0.835. The highest BCUT2D eigenvalue weighted by molar-refractivity contribution is 5.39. The second-order valence-electron chi connectivity index (χ2n) is 4.45. The summed E-state index contributed by atoms with van der Waals surface area (Å²) < 4.78 is 0. The van der Waals surface area contributed by atoms with Crippen LogP contribution in [0.15, 0.2) is 12.1 Å². The molecule has 0 aliphatic heterocycles. The Morgan fingerprint density at radius 3 is 2.62 bits per heavy atom. The summed E-state index contributed by atoms with van der Waals surface area (Å²) >= 11 is 0. The maximum atomic E-state index is 5.67. The molecule has 1 saturated carbocycles. The van der Waals surface area contributed by atoms with Crippen LogP contribution in [0.5, 0.6) is 0 Å². The lowest BCUT2D eigenvalue weighted by molar-refractivity contribution is 0.598. The van der Waals surface area contributed by atoms with E-state index in [0.29, 0.717) is 12.6 Å². The Hall–Kier alpha value is -1.16. The molecule has 0 amide bonds. The summed E-state index contributed by atoms with van der Waals surface area (Å²) in [5.41, 5.74) is 6.64. The van der Waals surface area contributed by atoms with Crippen molar-refractivity contribution in [2.45, 2.75) is 38.6 Å². The van der Waals surface area contributed by atoms with E-state index in [1.54, 1.807) is 0 Å². The van der Waals surface area contributed by atoms with E-state index in [0.717, 1.165) is 18.1 Å². The highest BCUT2D eigenvalue weighted by Crippen LogP contribution is 2.26. The fourth-order valence-electron chi connectivity index (χ4n) is 2.38. The Kier molecular flexibility index (Phi) is 3.72. The highest BCUT2D eigenvalue weighted by Gasteiger charge is 2.23. The van der Waals surface area contributed by atoms with E-state index in [-0.39, 0.29) is 0 Å². The molecule has 4 nitrogen and oxygen atoms in total. The van der Waals surface area contributed by atoms with Crippen LogP contribution in [0.1, 0.15) is 31.4 Å². The number of anilines is 1. The Morgan fingerprint density at radius 2 is 2.06 bits per heavy atom. The summed E-state index contributed by atoms with van der Waals surface area (Å²) in [6, 6.07) is 4.68. The van der Waals surface area contributed by atoms with Gasteiger partial charge in [-0.2, -0.15) is 5.10 Å². The molecule has 88 valence electrons. The molecule has 1 aromatic rings. The molecule has 1 aliphatic rings. The van der Waals surface area contributed by atoms with Gasteiger partial charge in [0.05, 0.1) is 5.69 Å². The van der Waals surface area contributed by atoms with Crippen LogP contribution in [0.4, 0.5) is 5.82 Å². The molecule has 16 heavy (non-hydrogen) atoms. The molecule has 1 fully saturated rings. The molecule has 2 rings (SSSR count). The normalized spacial score (nSPS) is 16.6. The molecule has 0 unspecified atom stereocenters. The molecule has 0 bridgehead atoms. The van der Waals surface area contributed by atoms with Crippen molar-refractivity contribution in [3.05, 3.63) is 17.8 Å². The third-order valence-corrected chi connectivity index (χ3v) is 3.21. The van der Waals surface area contributed by atoms with Crippen LogP contribution in [0.25, 0.3) is 0 Å². The number of nitrogens with zero attached hydrogens (tertiary/aromatic N) is 3. The smallest absolute Gasteiger partial charge is 0.151 e. The number of hydrogen-bond acceptors (Lipinski definition) is 4. The molecule has 0 radical (unpaired) electrons. The van der Waals surface area contributed by atoms with E-state index in [2.05, 4.69) is 21.2 Å².